The Morgan fingerprint density at radius 3 is 2.47 bits per heavy atom. The van der Waals surface area contributed by atoms with Crippen LogP contribution in [0.1, 0.15) is 31.9 Å². The predicted octanol–water partition coefficient (Wildman–Crippen LogP) is 5.07. The number of alkyl halides is 1. The van der Waals surface area contributed by atoms with Crippen molar-refractivity contribution in [3.05, 3.63) is 47.5 Å². The molecule has 0 nitrogen and oxygen atoms in total. The van der Waals surface area contributed by atoms with Crippen molar-refractivity contribution in [2.24, 2.45) is 0 Å². The van der Waals surface area contributed by atoms with Gasteiger partial charge in [-0.15, -0.1) is 0 Å². The van der Waals surface area contributed by atoms with E-state index in [1.165, 1.54) is 21.9 Å². The molecule has 0 aliphatic carbocycles. The van der Waals surface area contributed by atoms with E-state index in [0.717, 1.165) is 11.8 Å². The average Bonchev–Trinajstić information content (AvgIpc) is 2.28. The molecule has 0 spiro atoms. The minimum absolute atomic E-state index is 0.222. The summed E-state index contributed by atoms with van der Waals surface area (Å²) < 4.78 is 0. The molecular formula is C16H19Br. The maximum Gasteiger partial charge on any atom is 0.00720 e. The number of halogens is 1. The predicted molar refractivity (Wildman–Crippen MR) is 80.1 cm³/mol. The van der Waals surface area contributed by atoms with Gasteiger partial charge in [-0.1, -0.05) is 73.1 Å². The standard InChI is InChI=1S/C16H19Br/c1-16(2,3)14-7-8-15-12(9-10-17)5-4-6-13(15)11-14/h4-8,11H,9-10H2,1-3H3. The first-order valence-corrected chi connectivity index (χ1v) is 7.22. The zero-order valence-electron chi connectivity index (χ0n) is 10.8. The second kappa shape index (κ2) is 4.81. The van der Waals surface area contributed by atoms with Crippen LogP contribution in [0.4, 0.5) is 0 Å². The molecule has 90 valence electrons. The molecule has 2 aromatic rings. The van der Waals surface area contributed by atoms with Gasteiger partial charge in [-0.25, -0.2) is 0 Å². The lowest BCUT2D eigenvalue weighted by Gasteiger charge is -2.20. The van der Waals surface area contributed by atoms with Crippen molar-refractivity contribution in [1.82, 2.24) is 0 Å². The number of hydrogen-bond donors (Lipinski definition) is 0. The fourth-order valence-electron chi connectivity index (χ4n) is 2.14. The molecule has 17 heavy (non-hydrogen) atoms. The first kappa shape index (κ1) is 12.6. The molecule has 0 radical (unpaired) electrons. The van der Waals surface area contributed by atoms with E-state index >= 15 is 0 Å². The third-order valence-electron chi connectivity index (χ3n) is 3.20. The minimum Gasteiger partial charge on any atom is -0.0924 e. The molecule has 0 unspecified atom stereocenters. The third-order valence-corrected chi connectivity index (χ3v) is 3.60. The summed E-state index contributed by atoms with van der Waals surface area (Å²) in [5, 5.41) is 3.77. The first-order valence-electron chi connectivity index (χ1n) is 6.10. The molecule has 0 aromatic heterocycles. The Morgan fingerprint density at radius 1 is 1.06 bits per heavy atom. The van der Waals surface area contributed by atoms with E-state index < -0.39 is 0 Å². The van der Waals surface area contributed by atoms with Gasteiger partial charge in [-0.05, 0) is 33.7 Å². The van der Waals surface area contributed by atoms with Gasteiger partial charge in [0.05, 0.1) is 0 Å². The van der Waals surface area contributed by atoms with Crippen LogP contribution >= 0.6 is 15.9 Å². The van der Waals surface area contributed by atoms with Crippen molar-refractivity contribution in [2.45, 2.75) is 32.6 Å². The van der Waals surface area contributed by atoms with Crippen LogP contribution in [0, 0.1) is 0 Å². The van der Waals surface area contributed by atoms with Gasteiger partial charge in [0.15, 0.2) is 0 Å². The van der Waals surface area contributed by atoms with E-state index in [1.807, 2.05) is 0 Å². The fourth-order valence-corrected chi connectivity index (χ4v) is 2.56. The molecule has 0 N–H and O–H groups in total. The maximum absolute atomic E-state index is 3.52. The Bertz CT molecular complexity index is 521. The molecule has 1 heteroatoms. The summed E-state index contributed by atoms with van der Waals surface area (Å²) in [6.07, 6.45) is 1.09. The molecule has 0 heterocycles. The van der Waals surface area contributed by atoms with E-state index in [4.69, 9.17) is 0 Å². The van der Waals surface area contributed by atoms with E-state index in [1.54, 1.807) is 0 Å². The summed E-state index contributed by atoms with van der Waals surface area (Å²) in [4.78, 5) is 0. The van der Waals surface area contributed by atoms with E-state index in [9.17, 15) is 0 Å². The van der Waals surface area contributed by atoms with E-state index in [-0.39, 0.29) is 5.41 Å². The second-order valence-electron chi connectivity index (χ2n) is 5.54. The largest absolute Gasteiger partial charge is 0.0924 e. The fraction of sp³-hybridized carbons (Fsp3) is 0.375. The minimum atomic E-state index is 0.222. The van der Waals surface area contributed by atoms with Gasteiger partial charge in [-0.3, -0.25) is 0 Å². The maximum atomic E-state index is 3.52. The number of benzene rings is 2. The Labute approximate surface area is 112 Å². The Hall–Kier alpha value is -0.820. The lowest BCUT2D eigenvalue weighted by Crippen LogP contribution is -2.10. The van der Waals surface area contributed by atoms with Crippen LogP contribution in [-0.2, 0) is 11.8 Å². The van der Waals surface area contributed by atoms with Crippen molar-refractivity contribution < 1.29 is 0 Å². The zero-order chi connectivity index (χ0) is 12.5. The molecule has 0 amide bonds. The highest BCUT2D eigenvalue weighted by atomic mass is 79.9. The highest BCUT2D eigenvalue weighted by Gasteiger charge is 2.14. The van der Waals surface area contributed by atoms with E-state index in [0.29, 0.717) is 0 Å². The van der Waals surface area contributed by atoms with Crippen LogP contribution in [0.25, 0.3) is 10.8 Å². The molecular weight excluding hydrogens is 272 g/mol. The van der Waals surface area contributed by atoms with Crippen LogP contribution < -0.4 is 0 Å². The Kier molecular flexibility index (Phi) is 3.58. The highest BCUT2D eigenvalue weighted by Crippen LogP contribution is 2.27. The molecule has 0 bridgehead atoms. The summed E-state index contributed by atoms with van der Waals surface area (Å²) in [6.45, 7) is 6.78. The van der Waals surface area contributed by atoms with Crippen LogP contribution in [0.3, 0.4) is 0 Å². The van der Waals surface area contributed by atoms with Gasteiger partial charge in [0, 0.05) is 5.33 Å². The van der Waals surface area contributed by atoms with Crippen LogP contribution in [0.15, 0.2) is 36.4 Å². The van der Waals surface area contributed by atoms with E-state index in [2.05, 4.69) is 73.1 Å². The lowest BCUT2D eigenvalue weighted by molar-refractivity contribution is 0.591. The van der Waals surface area contributed by atoms with Crippen LogP contribution in [0.5, 0.6) is 0 Å². The summed E-state index contributed by atoms with van der Waals surface area (Å²) in [6, 6.07) is 13.5. The number of rotatable bonds is 2. The summed E-state index contributed by atoms with van der Waals surface area (Å²) >= 11 is 3.52. The van der Waals surface area contributed by atoms with Gasteiger partial charge >= 0.3 is 0 Å². The molecule has 0 saturated heterocycles. The third kappa shape index (κ3) is 2.71. The lowest BCUT2D eigenvalue weighted by atomic mass is 9.85. The summed E-state index contributed by atoms with van der Waals surface area (Å²) in [7, 11) is 0. The van der Waals surface area contributed by atoms with Gasteiger partial charge in [0.2, 0.25) is 0 Å². The molecule has 2 aromatic carbocycles. The molecule has 0 saturated carbocycles. The number of fused-ring (bicyclic) bond motifs is 1. The summed E-state index contributed by atoms with van der Waals surface area (Å²) in [5.74, 6) is 0. The van der Waals surface area contributed by atoms with Crippen molar-refractivity contribution in [3.63, 3.8) is 0 Å². The van der Waals surface area contributed by atoms with Crippen molar-refractivity contribution >= 4 is 26.7 Å². The molecule has 0 aliphatic heterocycles. The van der Waals surface area contributed by atoms with Gasteiger partial charge < -0.3 is 0 Å². The topological polar surface area (TPSA) is 0 Å². The average molecular weight is 291 g/mol. The number of hydrogen-bond acceptors (Lipinski definition) is 0. The SMILES string of the molecule is CC(C)(C)c1ccc2c(CCBr)cccc2c1. The Morgan fingerprint density at radius 2 is 1.82 bits per heavy atom. The van der Waals surface area contributed by atoms with Gasteiger partial charge in [-0.2, -0.15) is 0 Å². The first-order chi connectivity index (χ1) is 8.02. The summed E-state index contributed by atoms with van der Waals surface area (Å²) in [5.41, 5.74) is 3.06. The highest BCUT2D eigenvalue weighted by molar-refractivity contribution is 9.09. The second-order valence-corrected chi connectivity index (χ2v) is 6.34. The van der Waals surface area contributed by atoms with Gasteiger partial charge in [0.1, 0.15) is 0 Å². The van der Waals surface area contributed by atoms with Crippen molar-refractivity contribution in [2.75, 3.05) is 5.33 Å². The van der Waals surface area contributed by atoms with Crippen molar-refractivity contribution in [3.8, 4) is 0 Å². The zero-order valence-corrected chi connectivity index (χ0v) is 12.3. The number of aryl methyl sites for hydroxylation is 1. The quantitative estimate of drug-likeness (QED) is 0.677. The monoisotopic (exact) mass is 290 g/mol. The normalized spacial score (nSPS) is 12.0. The molecule has 2 rings (SSSR count). The van der Waals surface area contributed by atoms with Crippen LogP contribution in [0.2, 0.25) is 0 Å². The Balaban J connectivity index is 2.57. The van der Waals surface area contributed by atoms with Crippen molar-refractivity contribution in [1.29, 1.82) is 0 Å². The molecule has 0 atom stereocenters. The smallest absolute Gasteiger partial charge is 0.00720 e. The molecule has 0 aliphatic rings. The molecule has 0 fully saturated rings. The van der Waals surface area contributed by atoms with Crippen LogP contribution in [-0.4, -0.2) is 5.33 Å². The van der Waals surface area contributed by atoms with Gasteiger partial charge in [0.25, 0.3) is 0 Å².